The minimum Gasteiger partial charge on any atom is -0.347 e. The first kappa shape index (κ1) is 20.4. The molecule has 0 aromatic heterocycles. The number of carbonyl (C=O) groups excluding carboxylic acids is 1. The fraction of sp³-hybridized carbons (Fsp3) is 0.409. The first-order chi connectivity index (χ1) is 13.2. The minimum atomic E-state index is -3.32. The van der Waals surface area contributed by atoms with Crippen molar-refractivity contribution < 1.29 is 13.2 Å². The molecule has 1 N–H and O–H groups in total. The molecule has 2 aromatic carbocycles. The van der Waals surface area contributed by atoms with E-state index < -0.39 is 15.6 Å². The third-order valence-electron chi connectivity index (χ3n) is 5.03. The second-order valence-corrected chi connectivity index (χ2v) is 10.1. The fourth-order valence-electron chi connectivity index (χ4n) is 3.61. The Morgan fingerprint density at radius 3 is 2.50 bits per heavy atom. The highest BCUT2D eigenvalue weighted by molar-refractivity contribution is 7.92. The monoisotopic (exact) mass is 400 g/mol. The normalized spacial score (nSPS) is 16.6. The van der Waals surface area contributed by atoms with Crippen LogP contribution in [0.4, 0.5) is 5.69 Å². The van der Waals surface area contributed by atoms with Gasteiger partial charge in [-0.3, -0.25) is 9.10 Å². The predicted octanol–water partition coefficient (Wildman–Crippen LogP) is 3.68. The van der Waals surface area contributed by atoms with Crippen molar-refractivity contribution in [2.45, 2.75) is 45.6 Å². The maximum absolute atomic E-state index is 12.9. The Hall–Kier alpha value is -2.34. The van der Waals surface area contributed by atoms with Gasteiger partial charge in [-0.15, -0.1) is 0 Å². The van der Waals surface area contributed by atoms with Crippen LogP contribution >= 0.6 is 0 Å². The molecule has 0 spiro atoms. The number of rotatable bonds is 5. The van der Waals surface area contributed by atoms with Gasteiger partial charge in [-0.2, -0.15) is 0 Å². The Morgan fingerprint density at radius 2 is 1.82 bits per heavy atom. The Labute approximate surface area is 167 Å². The predicted molar refractivity (Wildman–Crippen MR) is 113 cm³/mol. The number of amides is 1. The number of anilines is 1. The van der Waals surface area contributed by atoms with Crippen LogP contribution in [0.1, 0.15) is 48.2 Å². The third kappa shape index (κ3) is 4.73. The van der Waals surface area contributed by atoms with Crippen LogP contribution in [0.15, 0.2) is 48.5 Å². The fourth-order valence-corrected chi connectivity index (χ4v) is 5.30. The first-order valence-corrected chi connectivity index (χ1v) is 11.3. The molecule has 0 bridgehead atoms. The summed E-state index contributed by atoms with van der Waals surface area (Å²) in [5, 5.41) is 3.08. The molecule has 0 aliphatic carbocycles. The van der Waals surface area contributed by atoms with Crippen LogP contribution < -0.4 is 9.62 Å². The highest BCUT2D eigenvalue weighted by Gasteiger charge is 2.28. The number of nitrogens with zero attached hydrogens (tertiary/aromatic N) is 1. The highest BCUT2D eigenvalue weighted by Crippen LogP contribution is 2.28. The lowest BCUT2D eigenvalue weighted by Gasteiger charge is -2.30. The van der Waals surface area contributed by atoms with Crippen LogP contribution in [0, 0.1) is 6.92 Å². The molecule has 1 saturated heterocycles. The molecular weight excluding hydrogens is 372 g/mol. The summed E-state index contributed by atoms with van der Waals surface area (Å²) in [6.45, 7) is 6.32. The van der Waals surface area contributed by atoms with E-state index in [0.29, 0.717) is 30.6 Å². The van der Waals surface area contributed by atoms with Crippen LogP contribution in [-0.2, 0) is 16.4 Å². The summed E-state index contributed by atoms with van der Waals surface area (Å²) in [5.74, 6) is -0.0379. The Bertz CT molecular complexity index is 953. The average Bonchev–Trinajstić information content (AvgIpc) is 2.62. The summed E-state index contributed by atoms with van der Waals surface area (Å²) in [4.78, 5) is 12.9. The Balaban J connectivity index is 1.81. The number of hydrogen-bond donors (Lipinski definition) is 1. The number of nitrogens with one attached hydrogen (secondary N) is 1. The van der Waals surface area contributed by atoms with Crippen LogP contribution in [-0.4, -0.2) is 32.2 Å². The maximum atomic E-state index is 12.9. The van der Waals surface area contributed by atoms with Crippen molar-refractivity contribution in [1.29, 1.82) is 0 Å². The van der Waals surface area contributed by atoms with Gasteiger partial charge in [0.15, 0.2) is 0 Å². The van der Waals surface area contributed by atoms with E-state index in [2.05, 4.69) is 5.32 Å². The van der Waals surface area contributed by atoms with E-state index in [1.165, 1.54) is 4.31 Å². The summed E-state index contributed by atoms with van der Waals surface area (Å²) >= 11 is 0. The highest BCUT2D eigenvalue weighted by atomic mass is 32.2. The van der Waals surface area contributed by atoms with Crippen LogP contribution in [0.5, 0.6) is 0 Å². The third-order valence-corrected chi connectivity index (χ3v) is 6.89. The van der Waals surface area contributed by atoms with E-state index in [4.69, 9.17) is 0 Å². The van der Waals surface area contributed by atoms with E-state index in [1.807, 2.05) is 57.2 Å². The lowest BCUT2D eigenvalue weighted by Crippen LogP contribution is -2.45. The molecule has 0 radical (unpaired) electrons. The Morgan fingerprint density at radius 1 is 1.11 bits per heavy atom. The number of carbonyl (C=O) groups is 1. The van der Waals surface area contributed by atoms with Crippen LogP contribution in [0.2, 0.25) is 0 Å². The van der Waals surface area contributed by atoms with E-state index >= 15 is 0 Å². The summed E-state index contributed by atoms with van der Waals surface area (Å²) in [6.07, 6.45) is 2.23. The first-order valence-electron chi connectivity index (χ1n) is 9.65. The molecule has 1 heterocycles. The second-order valence-electron chi connectivity index (χ2n) is 8.10. The van der Waals surface area contributed by atoms with Gasteiger partial charge in [0.2, 0.25) is 10.0 Å². The average molecular weight is 401 g/mol. The molecule has 1 aliphatic heterocycles. The van der Waals surface area contributed by atoms with E-state index in [1.54, 1.807) is 12.1 Å². The standard InChI is InChI=1S/C22H28N2O3S/c1-17-11-12-19(15-20(17)24-13-7-8-14-28(24,26)27)21(25)23-22(2,3)16-18-9-5-4-6-10-18/h4-6,9-12,15H,7-8,13-14,16H2,1-3H3,(H,23,25). The second kappa shape index (κ2) is 7.95. The summed E-state index contributed by atoms with van der Waals surface area (Å²) in [6, 6.07) is 15.3. The quantitative estimate of drug-likeness (QED) is 0.833. The molecular formula is C22H28N2O3S. The SMILES string of the molecule is Cc1ccc(C(=O)NC(C)(C)Cc2ccccc2)cc1N1CCCCS1(=O)=O. The molecule has 5 nitrogen and oxygen atoms in total. The number of aryl methyl sites for hydroxylation is 1. The van der Waals surface area contributed by atoms with Gasteiger partial charge in [0.25, 0.3) is 5.91 Å². The molecule has 1 aliphatic rings. The number of sulfonamides is 1. The van der Waals surface area contributed by atoms with Gasteiger partial charge in [-0.05, 0) is 63.3 Å². The molecule has 6 heteroatoms. The van der Waals surface area contributed by atoms with Crippen molar-refractivity contribution in [1.82, 2.24) is 5.32 Å². The molecule has 0 saturated carbocycles. The van der Waals surface area contributed by atoms with Crippen LogP contribution in [0.3, 0.4) is 0 Å². The molecule has 0 unspecified atom stereocenters. The van der Waals surface area contributed by atoms with Gasteiger partial charge in [0, 0.05) is 17.6 Å². The van der Waals surface area contributed by atoms with E-state index in [9.17, 15) is 13.2 Å². The van der Waals surface area contributed by atoms with Gasteiger partial charge >= 0.3 is 0 Å². The molecule has 150 valence electrons. The molecule has 1 amide bonds. The van der Waals surface area contributed by atoms with E-state index in [-0.39, 0.29) is 11.7 Å². The van der Waals surface area contributed by atoms with Gasteiger partial charge in [0.05, 0.1) is 11.4 Å². The smallest absolute Gasteiger partial charge is 0.251 e. The largest absolute Gasteiger partial charge is 0.347 e. The van der Waals surface area contributed by atoms with Crippen LogP contribution in [0.25, 0.3) is 0 Å². The molecule has 1 fully saturated rings. The molecule has 3 rings (SSSR count). The van der Waals surface area contributed by atoms with Crippen molar-refractivity contribution in [3.05, 3.63) is 65.2 Å². The maximum Gasteiger partial charge on any atom is 0.251 e. The topological polar surface area (TPSA) is 66.5 Å². The van der Waals surface area contributed by atoms with E-state index in [0.717, 1.165) is 17.5 Å². The van der Waals surface area contributed by atoms with Crippen molar-refractivity contribution in [3.8, 4) is 0 Å². The molecule has 0 atom stereocenters. The summed E-state index contributed by atoms with van der Waals surface area (Å²) in [7, 11) is -3.32. The zero-order valence-corrected chi connectivity index (χ0v) is 17.6. The Kier molecular flexibility index (Phi) is 5.79. The van der Waals surface area contributed by atoms with Crippen molar-refractivity contribution in [3.63, 3.8) is 0 Å². The summed E-state index contributed by atoms with van der Waals surface area (Å²) in [5.41, 5.74) is 2.65. The molecule has 2 aromatic rings. The zero-order chi connectivity index (χ0) is 20.4. The van der Waals surface area contributed by atoms with Gasteiger partial charge < -0.3 is 5.32 Å². The van der Waals surface area contributed by atoms with Gasteiger partial charge in [0.1, 0.15) is 0 Å². The number of hydrogen-bond acceptors (Lipinski definition) is 3. The summed E-state index contributed by atoms with van der Waals surface area (Å²) < 4.78 is 26.4. The van der Waals surface area contributed by atoms with Gasteiger partial charge in [-0.1, -0.05) is 36.4 Å². The minimum absolute atomic E-state index is 0.160. The van der Waals surface area contributed by atoms with Gasteiger partial charge in [-0.25, -0.2) is 8.42 Å². The van der Waals surface area contributed by atoms with Crippen molar-refractivity contribution in [2.24, 2.45) is 0 Å². The van der Waals surface area contributed by atoms with Crippen molar-refractivity contribution in [2.75, 3.05) is 16.6 Å². The van der Waals surface area contributed by atoms with Crippen molar-refractivity contribution >= 4 is 21.6 Å². The number of benzene rings is 2. The lowest BCUT2D eigenvalue weighted by molar-refractivity contribution is 0.0913. The zero-order valence-electron chi connectivity index (χ0n) is 16.7. The molecule has 28 heavy (non-hydrogen) atoms. The lowest BCUT2D eigenvalue weighted by atomic mass is 9.94.